The quantitative estimate of drug-likeness (QED) is 0.307. The Labute approximate surface area is 244 Å². The van der Waals surface area contributed by atoms with Gasteiger partial charge < -0.3 is 9.64 Å². The molecule has 1 amide bonds. The number of benzene rings is 3. The summed E-state index contributed by atoms with van der Waals surface area (Å²) in [4.78, 5) is 29.4. The normalized spacial score (nSPS) is 22.6. The van der Waals surface area contributed by atoms with Crippen molar-refractivity contribution in [2.45, 2.75) is 18.3 Å². The maximum Gasteiger partial charge on any atom is 0.431 e. The molecule has 2 saturated heterocycles. The summed E-state index contributed by atoms with van der Waals surface area (Å²) in [6.45, 7) is 0.681. The standard InChI is InChI=1S/C31H25F4N5O3/c32-27-10-9-24(17-22(27)18-36)40-30(38-13-15-43-16-14-38)26(28(37-40)31(33,34)35)11-12-39(29(30)42)23-7-5-20(6-8-23)25-4-2-1-3-21(25)19-41/h1-10,17,19,26H,11-16H2. The number of alkyl halides is 3. The van der Waals surface area contributed by atoms with Crippen LogP contribution in [-0.2, 0) is 9.53 Å². The number of amides is 1. The summed E-state index contributed by atoms with van der Waals surface area (Å²) < 4.78 is 63.3. The van der Waals surface area contributed by atoms with E-state index in [1.807, 2.05) is 0 Å². The SMILES string of the molecule is N#Cc1cc(N2N=C(C(F)(F)F)C3CCN(c4ccc(-c5ccccc5C=O)cc4)C(=O)C32N2CCOCC2)ccc1F. The molecule has 0 N–H and O–H groups in total. The molecule has 2 atom stereocenters. The molecule has 0 radical (unpaired) electrons. The molecule has 2 fully saturated rings. The zero-order chi connectivity index (χ0) is 30.4. The lowest BCUT2D eigenvalue weighted by molar-refractivity contribution is -0.139. The fourth-order valence-corrected chi connectivity index (χ4v) is 6.29. The molecule has 3 aromatic carbocycles. The highest BCUT2D eigenvalue weighted by molar-refractivity contribution is 6.11. The van der Waals surface area contributed by atoms with Crippen LogP contribution in [0.4, 0.5) is 28.9 Å². The van der Waals surface area contributed by atoms with Crippen molar-refractivity contribution >= 4 is 29.3 Å². The number of anilines is 2. The van der Waals surface area contributed by atoms with Gasteiger partial charge in [-0.1, -0.05) is 36.4 Å². The van der Waals surface area contributed by atoms with Crippen molar-refractivity contribution in [3.8, 4) is 17.2 Å². The van der Waals surface area contributed by atoms with E-state index in [2.05, 4.69) is 5.10 Å². The Bertz CT molecular complexity index is 1650. The first-order valence-corrected chi connectivity index (χ1v) is 13.6. The zero-order valence-corrected chi connectivity index (χ0v) is 22.7. The molecule has 220 valence electrons. The number of halogens is 4. The third-order valence-electron chi connectivity index (χ3n) is 8.22. The van der Waals surface area contributed by atoms with Gasteiger partial charge in [-0.3, -0.25) is 14.5 Å². The number of carbonyl (C=O) groups is 2. The number of hydrogen-bond donors (Lipinski definition) is 0. The van der Waals surface area contributed by atoms with Gasteiger partial charge in [0.2, 0.25) is 5.66 Å². The Morgan fingerprint density at radius 3 is 2.37 bits per heavy atom. The molecule has 2 unspecified atom stereocenters. The maximum atomic E-state index is 14.7. The van der Waals surface area contributed by atoms with Gasteiger partial charge in [0, 0.05) is 30.9 Å². The van der Waals surface area contributed by atoms with Crippen LogP contribution in [0.5, 0.6) is 0 Å². The smallest absolute Gasteiger partial charge is 0.379 e. The Hall–Kier alpha value is -4.60. The minimum absolute atomic E-state index is 0.00430. The van der Waals surface area contributed by atoms with Gasteiger partial charge in [0.05, 0.1) is 30.4 Å². The summed E-state index contributed by atoms with van der Waals surface area (Å²) in [5.41, 5.74) is -1.05. The molecule has 0 spiro atoms. The van der Waals surface area contributed by atoms with Crippen molar-refractivity contribution in [3.05, 3.63) is 83.7 Å². The Kier molecular flexibility index (Phi) is 7.23. The second-order valence-corrected chi connectivity index (χ2v) is 10.4. The highest BCUT2D eigenvalue weighted by atomic mass is 19.4. The summed E-state index contributed by atoms with van der Waals surface area (Å²) in [6, 6.07) is 19.0. The van der Waals surface area contributed by atoms with E-state index in [0.29, 0.717) is 16.8 Å². The third-order valence-corrected chi connectivity index (χ3v) is 8.22. The first-order chi connectivity index (χ1) is 20.7. The van der Waals surface area contributed by atoms with Gasteiger partial charge in [-0.25, -0.2) is 9.40 Å². The Morgan fingerprint density at radius 2 is 1.70 bits per heavy atom. The highest BCUT2D eigenvalue weighted by Crippen LogP contribution is 2.49. The van der Waals surface area contributed by atoms with E-state index in [1.54, 1.807) is 59.5 Å². The van der Waals surface area contributed by atoms with E-state index in [0.717, 1.165) is 29.0 Å². The highest BCUT2D eigenvalue weighted by Gasteiger charge is 2.68. The third kappa shape index (κ3) is 4.65. The lowest BCUT2D eigenvalue weighted by atomic mass is 9.79. The second kappa shape index (κ2) is 10.9. The number of nitriles is 1. The first-order valence-electron chi connectivity index (χ1n) is 13.6. The van der Waals surface area contributed by atoms with Crippen molar-refractivity contribution in [2.24, 2.45) is 11.0 Å². The number of hydrazone groups is 1. The van der Waals surface area contributed by atoms with Crippen LogP contribution in [0.1, 0.15) is 22.3 Å². The van der Waals surface area contributed by atoms with Crippen LogP contribution in [0.15, 0.2) is 71.8 Å². The van der Waals surface area contributed by atoms with E-state index in [-0.39, 0.29) is 50.5 Å². The van der Waals surface area contributed by atoms with Crippen LogP contribution < -0.4 is 9.91 Å². The number of carbonyl (C=O) groups excluding carboxylic acids is 2. The average molecular weight is 592 g/mol. The lowest BCUT2D eigenvalue weighted by Crippen LogP contribution is -2.74. The fraction of sp³-hybridized carbons (Fsp3) is 0.290. The summed E-state index contributed by atoms with van der Waals surface area (Å²) in [5.74, 6) is -2.82. The lowest BCUT2D eigenvalue weighted by Gasteiger charge is -2.53. The van der Waals surface area contributed by atoms with Crippen molar-refractivity contribution in [1.29, 1.82) is 5.26 Å². The molecule has 8 nitrogen and oxygen atoms in total. The summed E-state index contributed by atoms with van der Waals surface area (Å²) in [5, 5.41) is 14.5. The maximum absolute atomic E-state index is 14.7. The van der Waals surface area contributed by atoms with Crippen molar-refractivity contribution in [2.75, 3.05) is 42.8 Å². The van der Waals surface area contributed by atoms with Crippen LogP contribution in [0.25, 0.3) is 11.1 Å². The molecule has 3 aromatic rings. The van der Waals surface area contributed by atoms with E-state index in [1.165, 1.54) is 11.0 Å². The molecular formula is C31H25F4N5O3. The van der Waals surface area contributed by atoms with Gasteiger partial charge in [0.25, 0.3) is 5.91 Å². The molecule has 6 rings (SSSR count). The van der Waals surface area contributed by atoms with Gasteiger partial charge >= 0.3 is 6.18 Å². The summed E-state index contributed by atoms with van der Waals surface area (Å²) in [6.07, 6.45) is -4.14. The average Bonchev–Trinajstić information content (AvgIpc) is 3.40. The molecule has 0 bridgehead atoms. The van der Waals surface area contributed by atoms with E-state index in [4.69, 9.17) is 4.74 Å². The largest absolute Gasteiger partial charge is 0.431 e. The first kappa shape index (κ1) is 28.5. The number of rotatable bonds is 5. The number of morpholine rings is 1. The molecule has 0 saturated carbocycles. The van der Waals surface area contributed by atoms with Crippen LogP contribution in [0, 0.1) is 23.1 Å². The Balaban J connectivity index is 1.48. The monoisotopic (exact) mass is 591 g/mol. The van der Waals surface area contributed by atoms with Crippen LogP contribution in [0.2, 0.25) is 0 Å². The summed E-state index contributed by atoms with van der Waals surface area (Å²) in [7, 11) is 0. The van der Waals surface area contributed by atoms with Gasteiger partial charge in [-0.15, -0.1) is 0 Å². The van der Waals surface area contributed by atoms with Gasteiger partial charge in [-0.2, -0.15) is 23.5 Å². The van der Waals surface area contributed by atoms with Gasteiger partial charge in [0.1, 0.15) is 17.6 Å². The minimum Gasteiger partial charge on any atom is -0.379 e. The minimum atomic E-state index is -4.84. The topological polar surface area (TPSA) is 89.2 Å². The molecule has 3 heterocycles. The zero-order valence-electron chi connectivity index (χ0n) is 22.7. The van der Waals surface area contributed by atoms with Gasteiger partial charge in [-0.05, 0) is 47.9 Å². The predicted octanol–water partition coefficient (Wildman–Crippen LogP) is 5.00. The van der Waals surface area contributed by atoms with Crippen molar-refractivity contribution in [3.63, 3.8) is 0 Å². The van der Waals surface area contributed by atoms with E-state index < -0.39 is 35.2 Å². The van der Waals surface area contributed by atoms with E-state index in [9.17, 15) is 32.4 Å². The molecule has 0 aromatic heterocycles. The number of ether oxygens (including phenoxy) is 1. The molecule has 3 aliphatic heterocycles. The predicted molar refractivity (Wildman–Crippen MR) is 150 cm³/mol. The Morgan fingerprint density at radius 1 is 1.00 bits per heavy atom. The van der Waals surface area contributed by atoms with Crippen LogP contribution in [-0.4, -0.2) is 67.5 Å². The number of hydrogen-bond acceptors (Lipinski definition) is 7. The van der Waals surface area contributed by atoms with Crippen molar-refractivity contribution < 1.29 is 31.9 Å². The van der Waals surface area contributed by atoms with Crippen molar-refractivity contribution in [1.82, 2.24) is 4.90 Å². The van der Waals surface area contributed by atoms with Crippen LogP contribution >= 0.6 is 0 Å². The molecule has 12 heteroatoms. The summed E-state index contributed by atoms with van der Waals surface area (Å²) >= 11 is 0. The number of nitrogens with zero attached hydrogens (tertiary/aromatic N) is 5. The second-order valence-electron chi connectivity index (χ2n) is 10.4. The molecule has 0 aliphatic carbocycles. The molecule has 3 aliphatic rings. The fourth-order valence-electron chi connectivity index (χ4n) is 6.29. The van der Waals surface area contributed by atoms with Crippen LogP contribution in [0.3, 0.4) is 0 Å². The molecule has 43 heavy (non-hydrogen) atoms. The number of piperidine rings is 1. The number of aldehydes is 1. The van der Waals surface area contributed by atoms with Gasteiger partial charge in [0.15, 0.2) is 6.29 Å². The number of fused-ring (bicyclic) bond motifs is 1. The van der Waals surface area contributed by atoms with E-state index >= 15 is 0 Å². The molecular weight excluding hydrogens is 566 g/mol.